The summed E-state index contributed by atoms with van der Waals surface area (Å²) in [6.45, 7) is 0.750. The van der Waals surface area contributed by atoms with Crippen LogP contribution in [0.1, 0.15) is 12.0 Å². The first-order chi connectivity index (χ1) is 7.70. The fourth-order valence-corrected chi connectivity index (χ4v) is 2.58. The highest BCUT2D eigenvalue weighted by molar-refractivity contribution is 5.62. The van der Waals surface area contributed by atoms with Crippen molar-refractivity contribution in [1.29, 1.82) is 0 Å². The number of hydrogen-bond donors (Lipinski definition) is 2. The van der Waals surface area contributed by atoms with Crippen molar-refractivity contribution in [3.8, 4) is 5.75 Å². The smallest absolute Gasteiger partial charge is 0.147 e. The number of ether oxygens (including phenoxy) is 1. The van der Waals surface area contributed by atoms with E-state index in [0.29, 0.717) is 19.4 Å². The van der Waals surface area contributed by atoms with E-state index in [1.165, 1.54) is 0 Å². The van der Waals surface area contributed by atoms with Crippen molar-refractivity contribution in [2.45, 2.75) is 24.6 Å². The molecule has 0 aliphatic carbocycles. The van der Waals surface area contributed by atoms with Gasteiger partial charge in [-0.1, -0.05) is 6.07 Å². The van der Waals surface area contributed by atoms with Crippen molar-refractivity contribution in [3.05, 3.63) is 23.8 Å². The molecule has 1 aromatic rings. The molecule has 2 aliphatic rings. The van der Waals surface area contributed by atoms with Gasteiger partial charge < -0.3 is 15.2 Å². The summed E-state index contributed by atoms with van der Waals surface area (Å²) in [5.74, 6) is 0.214. The highest BCUT2D eigenvalue weighted by Gasteiger charge is 2.46. The summed E-state index contributed by atoms with van der Waals surface area (Å²) in [7, 11) is 0. The molecular weight excluding hydrogens is 209 g/mol. The largest absolute Gasteiger partial charge is 0.508 e. The summed E-state index contributed by atoms with van der Waals surface area (Å²) >= 11 is 0. The zero-order chi connectivity index (χ0) is 11.2. The summed E-state index contributed by atoms with van der Waals surface area (Å²) in [5, 5.41) is 12.6. The highest BCUT2D eigenvalue weighted by atomic mass is 19.1. The van der Waals surface area contributed by atoms with Gasteiger partial charge in [-0.25, -0.2) is 4.39 Å². The van der Waals surface area contributed by atoms with Crippen LogP contribution in [-0.4, -0.2) is 30.0 Å². The van der Waals surface area contributed by atoms with Crippen molar-refractivity contribution in [1.82, 2.24) is 0 Å². The number of alkyl halides is 1. The van der Waals surface area contributed by atoms with Gasteiger partial charge >= 0.3 is 0 Å². The molecule has 4 heteroatoms. The number of phenols is 1. The Morgan fingerprint density at radius 1 is 1.50 bits per heavy atom. The number of fused-ring (bicyclic) bond motifs is 1. The predicted molar refractivity (Wildman–Crippen MR) is 58.5 cm³/mol. The van der Waals surface area contributed by atoms with Crippen LogP contribution in [0.2, 0.25) is 0 Å². The summed E-state index contributed by atoms with van der Waals surface area (Å²) in [4.78, 5) is 0. The third kappa shape index (κ3) is 1.37. The molecule has 2 heterocycles. The van der Waals surface area contributed by atoms with Crippen molar-refractivity contribution in [2.24, 2.45) is 0 Å². The lowest BCUT2D eigenvalue weighted by molar-refractivity contribution is -0.00544. The summed E-state index contributed by atoms with van der Waals surface area (Å²) in [5.41, 5.74) is 1.40. The van der Waals surface area contributed by atoms with Gasteiger partial charge in [0.1, 0.15) is 11.9 Å². The molecule has 0 radical (unpaired) electrons. The molecule has 0 saturated carbocycles. The van der Waals surface area contributed by atoms with Gasteiger partial charge in [-0.2, -0.15) is 0 Å². The second kappa shape index (κ2) is 3.35. The second-order valence-electron chi connectivity index (χ2n) is 4.59. The van der Waals surface area contributed by atoms with E-state index in [1.54, 1.807) is 12.1 Å². The SMILES string of the molecule is Oc1ccc2c(c1)NC1(CCOCC1F)C2. The lowest BCUT2D eigenvalue weighted by Gasteiger charge is -2.37. The number of aromatic hydroxyl groups is 1. The number of phenolic OH excluding ortho intramolecular Hbond substituents is 1. The minimum Gasteiger partial charge on any atom is -0.508 e. The fourth-order valence-electron chi connectivity index (χ4n) is 2.58. The number of anilines is 1. The van der Waals surface area contributed by atoms with Crippen LogP contribution in [0.5, 0.6) is 5.75 Å². The first-order valence-electron chi connectivity index (χ1n) is 5.51. The van der Waals surface area contributed by atoms with Crippen LogP contribution in [0.4, 0.5) is 10.1 Å². The third-order valence-corrected chi connectivity index (χ3v) is 3.54. The van der Waals surface area contributed by atoms with Gasteiger partial charge in [0.15, 0.2) is 0 Å². The quantitative estimate of drug-likeness (QED) is 0.705. The zero-order valence-electron chi connectivity index (χ0n) is 8.87. The van der Waals surface area contributed by atoms with Crippen molar-refractivity contribution < 1.29 is 14.2 Å². The standard InChI is InChI=1S/C12H14FNO2/c13-11-7-16-4-3-12(11)6-8-1-2-9(15)5-10(8)14-12/h1-2,5,11,14-15H,3-4,6-7H2. The molecule has 2 atom stereocenters. The van der Waals surface area contributed by atoms with Crippen LogP contribution in [0, 0.1) is 0 Å². The van der Waals surface area contributed by atoms with E-state index in [-0.39, 0.29) is 12.4 Å². The molecule has 86 valence electrons. The van der Waals surface area contributed by atoms with E-state index >= 15 is 0 Å². The molecule has 2 aliphatic heterocycles. The molecule has 1 spiro atoms. The van der Waals surface area contributed by atoms with Crippen LogP contribution < -0.4 is 5.32 Å². The van der Waals surface area contributed by atoms with E-state index in [1.807, 2.05) is 6.07 Å². The summed E-state index contributed by atoms with van der Waals surface area (Å²) < 4.78 is 19.1. The van der Waals surface area contributed by atoms with Crippen LogP contribution in [0.15, 0.2) is 18.2 Å². The van der Waals surface area contributed by atoms with E-state index < -0.39 is 11.7 Å². The van der Waals surface area contributed by atoms with Crippen molar-refractivity contribution >= 4 is 5.69 Å². The summed E-state index contributed by atoms with van der Waals surface area (Å²) in [6.07, 6.45) is 0.354. The average molecular weight is 223 g/mol. The molecule has 3 rings (SSSR count). The normalized spacial score (nSPS) is 32.4. The van der Waals surface area contributed by atoms with Gasteiger partial charge in [-0.3, -0.25) is 0 Å². The van der Waals surface area contributed by atoms with Gasteiger partial charge in [0.25, 0.3) is 0 Å². The van der Waals surface area contributed by atoms with Crippen LogP contribution >= 0.6 is 0 Å². The highest BCUT2D eigenvalue weighted by Crippen LogP contribution is 2.40. The Kier molecular flexibility index (Phi) is 2.07. The molecule has 1 saturated heterocycles. The summed E-state index contributed by atoms with van der Waals surface area (Å²) in [6, 6.07) is 5.16. The Morgan fingerprint density at radius 3 is 3.19 bits per heavy atom. The van der Waals surface area contributed by atoms with Crippen LogP contribution in [0.3, 0.4) is 0 Å². The topological polar surface area (TPSA) is 41.5 Å². The van der Waals surface area contributed by atoms with Crippen LogP contribution in [0.25, 0.3) is 0 Å². The first-order valence-corrected chi connectivity index (χ1v) is 5.51. The molecule has 0 amide bonds. The molecule has 2 N–H and O–H groups in total. The molecule has 1 aromatic carbocycles. The molecule has 1 fully saturated rings. The van der Waals surface area contributed by atoms with E-state index in [0.717, 1.165) is 11.3 Å². The average Bonchev–Trinajstić information content (AvgIpc) is 2.61. The first kappa shape index (κ1) is 9.90. The van der Waals surface area contributed by atoms with Crippen molar-refractivity contribution in [3.63, 3.8) is 0 Å². The van der Waals surface area contributed by atoms with E-state index in [9.17, 15) is 9.50 Å². The molecule has 0 bridgehead atoms. The number of hydrogen-bond acceptors (Lipinski definition) is 3. The Morgan fingerprint density at radius 2 is 2.38 bits per heavy atom. The molecule has 2 unspecified atom stereocenters. The Balaban J connectivity index is 1.93. The number of nitrogens with one attached hydrogen (secondary N) is 1. The minimum atomic E-state index is -0.990. The third-order valence-electron chi connectivity index (χ3n) is 3.54. The number of halogens is 1. The second-order valence-corrected chi connectivity index (χ2v) is 4.59. The maximum atomic E-state index is 14.0. The Hall–Kier alpha value is -1.29. The Bertz CT molecular complexity index is 423. The van der Waals surface area contributed by atoms with E-state index in [2.05, 4.69) is 5.32 Å². The number of rotatable bonds is 0. The maximum Gasteiger partial charge on any atom is 0.147 e. The Labute approximate surface area is 93.2 Å². The van der Waals surface area contributed by atoms with Gasteiger partial charge in [-0.05, 0) is 18.1 Å². The van der Waals surface area contributed by atoms with E-state index in [4.69, 9.17) is 4.74 Å². The molecule has 0 aromatic heterocycles. The molecule has 3 nitrogen and oxygen atoms in total. The van der Waals surface area contributed by atoms with Gasteiger partial charge in [0.2, 0.25) is 0 Å². The molecule has 16 heavy (non-hydrogen) atoms. The number of benzene rings is 1. The monoisotopic (exact) mass is 223 g/mol. The lowest BCUT2D eigenvalue weighted by Crippen LogP contribution is -2.52. The van der Waals surface area contributed by atoms with Crippen LogP contribution in [-0.2, 0) is 11.2 Å². The van der Waals surface area contributed by atoms with Gasteiger partial charge in [0.05, 0.1) is 12.1 Å². The lowest BCUT2D eigenvalue weighted by atomic mass is 9.86. The van der Waals surface area contributed by atoms with Crippen molar-refractivity contribution in [2.75, 3.05) is 18.5 Å². The maximum absolute atomic E-state index is 14.0. The fraction of sp³-hybridized carbons (Fsp3) is 0.500. The zero-order valence-corrected chi connectivity index (χ0v) is 8.87. The van der Waals surface area contributed by atoms with Gasteiger partial charge in [0, 0.05) is 24.8 Å². The van der Waals surface area contributed by atoms with Gasteiger partial charge in [-0.15, -0.1) is 0 Å². The molecular formula is C12H14FNO2. The minimum absolute atomic E-state index is 0.160. The predicted octanol–water partition coefficient (Wildman–Crippen LogP) is 1.86.